The van der Waals surface area contributed by atoms with Crippen LogP contribution in [0.15, 0.2) is 24.3 Å². The van der Waals surface area contributed by atoms with Gasteiger partial charge in [0.2, 0.25) is 0 Å². The molecule has 1 aromatic carbocycles. The summed E-state index contributed by atoms with van der Waals surface area (Å²) in [5.74, 6) is -0.260. The molecule has 1 unspecified atom stereocenters. The molecule has 1 fully saturated rings. The van der Waals surface area contributed by atoms with Crippen LogP contribution < -0.4 is 5.32 Å². The van der Waals surface area contributed by atoms with E-state index in [1.54, 1.807) is 0 Å². The molecular formula is C21H32ClNO4. The number of esters is 1. The molecule has 1 atom stereocenters. The number of aryl methyl sites for hydroxylation is 1. The molecule has 0 amide bonds. The largest absolute Gasteiger partial charge is 0.459 e. The Labute approximate surface area is 167 Å². The van der Waals surface area contributed by atoms with Crippen molar-refractivity contribution in [1.82, 2.24) is 5.32 Å². The van der Waals surface area contributed by atoms with Crippen molar-refractivity contribution in [1.29, 1.82) is 0 Å². The minimum absolute atomic E-state index is 0.0250. The minimum atomic E-state index is -0.481. The highest BCUT2D eigenvalue weighted by Crippen LogP contribution is 2.17. The second kappa shape index (κ2) is 11.0. The van der Waals surface area contributed by atoms with Gasteiger partial charge in [0.25, 0.3) is 0 Å². The molecule has 0 aromatic heterocycles. The van der Waals surface area contributed by atoms with Gasteiger partial charge in [0, 0.05) is 5.02 Å². The first kappa shape index (κ1) is 22.2. The summed E-state index contributed by atoms with van der Waals surface area (Å²) in [7, 11) is 0. The fourth-order valence-corrected chi connectivity index (χ4v) is 3.14. The van der Waals surface area contributed by atoms with E-state index in [-0.39, 0.29) is 24.8 Å². The lowest BCUT2D eigenvalue weighted by Crippen LogP contribution is -2.47. The number of hydrogen-bond donors (Lipinski definition) is 1. The van der Waals surface area contributed by atoms with E-state index in [4.69, 9.17) is 25.8 Å². The van der Waals surface area contributed by atoms with Gasteiger partial charge in [-0.05, 0) is 64.2 Å². The molecule has 0 radical (unpaired) electrons. The lowest BCUT2D eigenvalue weighted by molar-refractivity contribution is -0.194. The van der Waals surface area contributed by atoms with E-state index in [2.05, 4.69) is 17.4 Å². The number of rotatable bonds is 9. The molecule has 1 saturated heterocycles. The van der Waals surface area contributed by atoms with Gasteiger partial charge in [0.15, 0.2) is 6.29 Å². The Morgan fingerprint density at radius 1 is 1.22 bits per heavy atom. The van der Waals surface area contributed by atoms with Gasteiger partial charge in [-0.1, -0.05) is 30.2 Å². The van der Waals surface area contributed by atoms with Gasteiger partial charge in [-0.25, -0.2) is 0 Å². The maximum atomic E-state index is 12.0. The molecule has 1 N–H and O–H groups in total. The van der Waals surface area contributed by atoms with Crippen molar-refractivity contribution in [3.63, 3.8) is 0 Å². The van der Waals surface area contributed by atoms with Crippen molar-refractivity contribution in [2.75, 3.05) is 19.8 Å². The highest BCUT2D eigenvalue weighted by atomic mass is 35.5. The number of carbonyl (C=O) groups is 1. The molecule has 0 saturated carbocycles. The molecule has 1 aliphatic heterocycles. The topological polar surface area (TPSA) is 56.8 Å². The standard InChI is InChI=1S/C21H32ClNO4/c1-21(2,3)27-19(24)15-23-18(20-25-13-6-14-26-20)8-5-4-7-16-9-11-17(22)12-10-16/h9-12,18,20,23H,4-8,13-15H2,1-3H3. The van der Waals surface area contributed by atoms with E-state index >= 15 is 0 Å². The van der Waals surface area contributed by atoms with Crippen LogP contribution in [0.3, 0.4) is 0 Å². The second-order valence-electron chi connectivity index (χ2n) is 7.91. The Balaban J connectivity index is 1.78. The summed E-state index contributed by atoms with van der Waals surface area (Å²) in [6.07, 6.45) is 4.54. The zero-order valence-electron chi connectivity index (χ0n) is 16.6. The van der Waals surface area contributed by atoms with Gasteiger partial charge in [-0.15, -0.1) is 0 Å². The predicted octanol–water partition coefficient (Wildman–Crippen LogP) is 4.12. The summed E-state index contributed by atoms with van der Waals surface area (Å²) in [6.45, 7) is 7.15. The Bertz CT molecular complexity index is 565. The zero-order chi connectivity index (χ0) is 19.7. The molecule has 1 aliphatic rings. The SMILES string of the molecule is CC(C)(C)OC(=O)CNC(CCCCc1ccc(Cl)cc1)C1OCCCO1. The van der Waals surface area contributed by atoms with Crippen LogP contribution in [0.1, 0.15) is 52.0 Å². The molecule has 0 bridgehead atoms. The van der Waals surface area contributed by atoms with Gasteiger partial charge >= 0.3 is 5.97 Å². The molecule has 152 valence electrons. The highest BCUT2D eigenvalue weighted by molar-refractivity contribution is 6.30. The Morgan fingerprint density at radius 3 is 2.52 bits per heavy atom. The molecular weight excluding hydrogens is 366 g/mol. The predicted molar refractivity (Wildman–Crippen MR) is 107 cm³/mol. The van der Waals surface area contributed by atoms with Crippen LogP contribution in [0.5, 0.6) is 0 Å². The summed E-state index contributed by atoms with van der Waals surface area (Å²) in [5, 5.41) is 4.04. The number of halogens is 1. The smallest absolute Gasteiger partial charge is 0.320 e. The highest BCUT2D eigenvalue weighted by Gasteiger charge is 2.26. The monoisotopic (exact) mass is 397 g/mol. The molecule has 2 rings (SSSR count). The molecule has 27 heavy (non-hydrogen) atoms. The van der Waals surface area contributed by atoms with Crippen LogP contribution in [-0.4, -0.2) is 43.7 Å². The molecule has 6 heteroatoms. The van der Waals surface area contributed by atoms with Gasteiger partial charge in [-0.2, -0.15) is 0 Å². The van der Waals surface area contributed by atoms with E-state index in [1.165, 1.54) is 5.56 Å². The third-order valence-electron chi connectivity index (χ3n) is 4.25. The number of benzene rings is 1. The van der Waals surface area contributed by atoms with E-state index < -0.39 is 5.60 Å². The number of ether oxygens (including phenoxy) is 3. The van der Waals surface area contributed by atoms with Gasteiger partial charge in [0.1, 0.15) is 5.60 Å². The van der Waals surface area contributed by atoms with E-state index in [9.17, 15) is 4.79 Å². The summed E-state index contributed by atoms with van der Waals surface area (Å²) >= 11 is 5.93. The van der Waals surface area contributed by atoms with E-state index in [0.717, 1.165) is 37.1 Å². The van der Waals surface area contributed by atoms with Crippen LogP contribution in [-0.2, 0) is 25.4 Å². The number of nitrogens with one attached hydrogen (secondary N) is 1. The average molecular weight is 398 g/mol. The fourth-order valence-electron chi connectivity index (χ4n) is 3.01. The van der Waals surface area contributed by atoms with Crippen LogP contribution >= 0.6 is 11.6 Å². The summed E-state index contributed by atoms with van der Waals surface area (Å²) < 4.78 is 16.9. The number of unbranched alkanes of at least 4 members (excludes halogenated alkanes) is 1. The van der Waals surface area contributed by atoms with Crippen LogP contribution in [0.25, 0.3) is 0 Å². The van der Waals surface area contributed by atoms with Gasteiger partial charge in [-0.3, -0.25) is 10.1 Å². The van der Waals surface area contributed by atoms with Crippen LogP contribution in [0, 0.1) is 0 Å². The summed E-state index contributed by atoms with van der Waals surface area (Å²) in [6, 6.07) is 7.95. The first-order valence-electron chi connectivity index (χ1n) is 9.76. The summed E-state index contributed by atoms with van der Waals surface area (Å²) in [5.41, 5.74) is 0.799. The van der Waals surface area contributed by atoms with Crippen molar-refractivity contribution in [3.05, 3.63) is 34.9 Å². The van der Waals surface area contributed by atoms with Crippen LogP contribution in [0.4, 0.5) is 0 Å². The average Bonchev–Trinajstić information content (AvgIpc) is 2.62. The molecule has 5 nitrogen and oxygen atoms in total. The van der Waals surface area contributed by atoms with Crippen LogP contribution in [0.2, 0.25) is 5.02 Å². The normalized spacial score (nSPS) is 16.9. The van der Waals surface area contributed by atoms with Crippen molar-refractivity contribution < 1.29 is 19.0 Å². The summed E-state index contributed by atoms with van der Waals surface area (Å²) in [4.78, 5) is 12.0. The molecule has 1 heterocycles. The van der Waals surface area contributed by atoms with Crippen molar-refractivity contribution in [3.8, 4) is 0 Å². The Kier molecular flexibility index (Phi) is 9.03. The van der Waals surface area contributed by atoms with Crippen molar-refractivity contribution >= 4 is 17.6 Å². The quantitative estimate of drug-likeness (QED) is 0.501. The van der Waals surface area contributed by atoms with E-state index in [0.29, 0.717) is 13.2 Å². The lowest BCUT2D eigenvalue weighted by atomic mass is 10.0. The third-order valence-corrected chi connectivity index (χ3v) is 4.51. The zero-order valence-corrected chi connectivity index (χ0v) is 17.4. The number of hydrogen-bond acceptors (Lipinski definition) is 5. The second-order valence-corrected chi connectivity index (χ2v) is 8.35. The van der Waals surface area contributed by atoms with Crippen molar-refractivity contribution in [2.24, 2.45) is 0 Å². The minimum Gasteiger partial charge on any atom is -0.459 e. The molecule has 0 aliphatic carbocycles. The third kappa shape index (κ3) is 9.06. The molecule has 1 aromatic rings. The van der Waals surface area contributed by atoms with E-state index in [1.807, 2.05) is 32.9 Å². The first-order valence-corrected chi connectivity index (χ1v) is 10.1. The number of carbonyl (C=O) groups excluding carboxylic acids is 1. The van der Waals surface area contributed by atoms with Gasteiger partial charge in [0.05, 0.1) is 25.8 Å². The fraction of sp³-hybridized carbons (Fsp3) is 0.667. The van der Waals surface area contributed by atoms with Gasteiger partial charge < -0.3 is 14.2 Å². The lowest BCUT2D eigenvalue weighted by Gasteiger charge is -2.31. The Morgan fingerprint density at radius 2 is 1.89 bits per heavy atom. The first-order chi connectivity index (χ1) is 12.8. The molecule has 0 spiro atoms. The van der Waals surface area contributed by atoms with Crippen molar-refractivity contribution in [2.45, 2.75) is 70.8 Å². The maximum Gasteiger partial charge on any atom is 0.320 e. The Hall–Kier alpha value is -1.14. The maximum absolute atomic E-state index is 12.0.